The number of allylic oxidation sites excluding steroid dienone is 1. The van der Waals surface area contributed by atoms with Gasteiger partial charge in [-0.25, -0.2) is 4.79 Å². The van der Waals surface area contributed by atoms with E-state index in [0.717, 1.165) is 0 Å². The zero-order valence-corrected chi connectivity index (χ0v) is 22.0. The second-order valence-electron chi connectivity index (χ2n) is 13.8. The number of aliphatic hydroxyl groups excluding tert-OH is 1. The number of Topliss-reactive ketones (excluding diaryl/α,β-unsaturated/α-hetero) is 1. The quantitative estimate of drug-likeness (QED) is 0.344. The molecule has 0 amide bonds. The van der Waals surface area contributed by atoms with Gasteiger partial charge in [-0.15, -0.1) is 0 Å². The first kappa shape index (κ1) is 24.6. The Balaban J connectivity index is 1.43. The molecule has 5 heterocycles. The normalized spacial score (nSPS) is 62.0. The maximum atomic E-state index is 14.9. The lowest BCUT2D eigenvalue weighted by Gasteiger charge is -2.64. The zero-order chi connectivity index (χ0) is 27.8. The summed E-state index contributed by atoms with van der Waals surface area (Å²) in [6.45, 7) is 4.69. The van der Waals surface area contributed by atoms with E-state index in [9.17, 15) is 34.5 Å². The summed E-state index contributed by atoms with van der Waals surface area (Å²) < 4.78 is 24.9. The van der Waals surface area contributed by atoms with Gasteiger partial charge in [0.2, 0.25) is 5.79 Å². The molecule has 0 aromatic carbocycles. The third kappa shape index (κ3) is 2.10. The molecule has 11 nitrogen and oxygen atoms in total. The van der Waals surface area contributed by atoms with E-state index in [1.807, 2.05) is 0 Å². The van der Waals surface area contributed by atoms with Gasteiger partial charge in [-0.1, -0.05) is 13.0 Å². The van der Waals surface area contributed by atoms with Crippen molar-refractivity contribution >= 4 is 23.5 Å². The minimum atomic E-state index is -2.32. The molecule has 5 bridgehead atoms. The molecule has 0 aromatic rings. The third-order valence-electron chi connectivity index (χ3n) is 12.7. The molecule has 8 aliphatic rings. The van der Waals surface area contributed by atoms with Crippen molar-refractivity contribution in [3.8, 4) is 0 Å². The van der Waals surface area contributed by atoms with Gasteiger partial charge in [-0.05, 0) is 63.4 Å². The van der Waals surface area contributed by atoms with Gasteiger partial charge >= 0.3 is 11.9 Å². The molecule has 11 heteroatoms. The summed E-state index contributed by atoms with van der Waals surface area (Å²) in [7, 11) is 0. The molecule has 0 aromatic heterocycles. The van der Waals surface area contributed by atoms with Crippen LogP contribution in [0.5, 0.6) is 0 Å². The van der Waals surface area contributed by atoms with Crippen molar-refractivity contribution in [3.05, 3.63) is 12.2 Å². The summed E-state index contributed by atoms with van der Waals surface area (Å²) in [5, 5.41) is 35.6. The Morgan fingerprint density at radius 1 is 1.05 bits per heavy atom. The van der Waals surface area contributed by atoms with Crippen molar-refractivity contribution in [2.75, 3.05) is 6.61 Å². The number of rotatable bonds is 0. The van der Waals surface area contributed by atoms with Gasteiger partial charge in [0.25, 0.3) is 0 Å². The van der Waals surface area contributed by atoms with Gasteiger partial charge < -0.3 is 34.3 Å². The van der Waals surface area contributed by atoms with Gasteiger partial charge in [-0.3, -0.25) is 14.4 Å². The van der Waals surface area contributed by atoms with Crippen LogP contribution in [0.1, 0.15) is 52.9 Å². The number of hydrogen-bond acceptors (Lipinski definition) is 11. The predicted molar refractivity (Wildman–Crippen MR) is 125 cm³/mol. The van der Waals surface area contributed by atoms with Gasteiger partial charge in [0.1, 0.15) is 11.7 Å². The minimum Gasteiger partial charge on any atom is -0.458 e. The van der Waals surface area contributed by atoms with E-state index in [1.165, 1.54) is 12.2 Å². The number of ketones is 2. The van der Waals surface area contributed by atoms with E-state index >= 15 is 0 Å². The van der Waals surface area contributed by atoms with Crippen LogP contribution in [0.3, 0.4) is 0 Å². The number of carbonyl (C=O) groups is 4. The largest absolute Gasteiger partial charge is 0.458 e. The fourth-order valence-corrected chi connectivity index (χ4v) is 10.6. The Hall–Kier alpha value is -2.18. The summed E-state index contributed by atoms with van der Waals surface area (Å²) in [5.41, 5.74) is -10.4. The van der Waals surface area contributed by atoms with Crippen molar-refractivity contribution in [2.45, 2.75) is 93.3 Å². The first-order chi connectivity index (χ1) is 18.2. The van der Waals surface area contributed by atoms with Crippen molar-refractivity contribution in [1.29, 1.82) is 0 Å². The first-order valence-corrected chi connectivity index (χ1v) is 13.8. The molecule has 39 heavy (non-hydrogen) atoms. The van der Waals surface area contributed by atoms with E-state index < -0.39 is 98.4 Å². The Morgan fingerprint density at radius 2 is 1.79 bits per heavy atom. The summed E-state index contributed by atoms with van der Waals surface area (Å²) in [6, 6.07) is 0. The van der Waals surface area contributed by atoms with Gasteiger partial charge in [0.15, 0.2) is 28.4 Å². The van der Waals surface area contributed by atoms with E-state index in [-0.39, 0.29) is 38.7 Å². The predicted octanol–water partition coefficient (Wildman–Crippen LogP) is -0.277. The molecule has 210 valence electrons. The smallest absolute Gasteiger partial charge is 0.342 e. The van der Waals surface area contributed by atoms with Crippen LogP contribution in [0, 0.1) is 34.5 Å². The monoisotopic (exact) mass is 544 g/mol. The average molecular weight is 545 g/mol. The van der Waals surface area contributed by atoms with Gasteiger partial charge in [0.05, 0.1) is 30.0 Å². The molecule has 0 radical (unpaired) electrons. The van der Waals surface area contributed by atoms with Crippen LogP contribution in [0.2, 0.25) is 0 Å². The minimum absolute atomic E-state index is 0.0207. The van der Waals surface area contributed by atoms with E-state index in [0.29, 0.717) is 0 Å². The summed E-state index contributed by atoms with van der Waals surface area (Å²) >= 11 is 0. The third-order valence-corrected chi connectivity index (χ3v) is 12.7. The highest BCUT2D eigenvalue weighted by Crippen LogP contribution is 2.75. The lowest BCUT2D eigenvalue weighted by atomic mass is 9.46. The average Bonchev–Trinajstić information content (AvgIpc) is 3.19. The molecule has 2 saturated carbocycles. The van der Waals surface area contributed by atoms with Gasteiger partial charge in [-0.2, -0.15) is 0 Å². The van der Waals surface area contributed by atoms with Crippen LogP contribution in [-0.4, -0.2) is 85.8 Å². The highest BCUT2D eigenvalue weighted by molar-refractivity contribution is 6.00. The number of carbonyl (C=O) groups excluding carboxylic acids is 4. The van der Waals surface area contributed by atoms with Crippen LogP contribution in [0.25, 0.3) is 0 Å². The molecule has 5 saturated heterocycles. The SMILES string of the molecule is C[C@]12C[C@H]3OC(=O)[C@@H]1CO[C@]14O[C@]5([C@H]2C1=O)[C@@](O)(CC[C@H]1[C@H]4C[C@@H](O)[C@@]2(O)CC=CC(=O)[C@]12C)C(=O)O[C@@]35C. The van der Waals surface area contributed by atoms with Crippen LogP contribution >= 0.6 is 0 Å². The fraction of sp³-hybridized carbons (Fsp3) is 0.786. The highest BCUT2D eigenvalue weighted by Gasteiger charge is 2.93. The Labute approximate surface area is 223 Å². The topological polar surface area (TPSA) is 166 Å². The van der Waals surface area contributed by atoms with Crippen LogP contribution in [-0.2, 0) is 38.1 Å². The second kappa shape index (κ2) is 6.49. The molecular weight excluding hydrogens is 512 g/mol. The lowest BCUT2D eigenvalue weighted by molar-refractivity contribution is -0.382. The Bertz CT molecular complexity index is 1330. The number of esters is 2. The number of hydrogen-bond donors (Lipinski definition) is 3. The second-order valence-corrected chi connectivity index (χ2v) is 13.8. The summed E-state index contributed by atoms with van der Waals surface area (Å²) in [6.07, 6.45) is 0.491. The summed E-state index contributed by atoms with van der Waals surface area (Å²) in [4.78, 5) is 55.5. The first-order valence-electron chi connectivity index (χ1n) is 13.8. The zero-order valence-electron chi connectivity index (χ0n) is 22.0. The molecule has 7 fully saturated rings. The number of aliphatic hydroxyl groups is 3. The van der Waals surface area contributed by atoms with E-state index in [4.69, 9.17) is 18.9 Å². The molecule has 5 aliphatic heterocycles. The molecule has 3 N–H and O–H groups in total. The number of ether oxygens (including phenoxy) is 4. The molecular formula is C28H32O11. The molecule has 8 rings (SSSR count). The maximum Gasteiger partial charge on any atom is 0.342 e. The fourth-order valence-electron chi connectivity index (χ4n) is 10.6. The van der Waals surface area contributed by atoms with Crippen LogP contribution in [0.15, 0.2) is 12.2 Å². The van der Waals surface area contributed by atoms with Crippen molar-refractivity contribution in [1.82, 2.24) is 0 Å². The van der Waals surface area contributed by atoms with Crippen molar-refractivity contribution in [2.24, 2.45) is 34.5 Å². The molecule has 0 unspecified atom stereocenters. The Morgan fingerprint density at radius 3 is 2.54 bits per heavy atom. The van der Waals surface area contributed by atoms with E-state index in [2.05, 4.69) is 0 Å². The van der Waals surface area contributed by atoms with Crippen molar-refractivity contribution < 1.29 is 53.4 Å². The molecule has 2 spiro atoms. The van der Waals surface area contributed by atoms with E-state index in [1.54, 1.807) is 20.8 Å². The van der Waals surface area contributed by atoms with Crippen molar-refractivity contribution in [3.63, 3.8) is 0 Å². The lowest BCUT2D eigenvalue weighted by Crippen LogP contribution is -2.79. The maximum absolute atomic E-state index is 14.9. The standard InChI is InChI=1S/C28H32O11/c1-22-10-17-24(3)28-18(22)19(31)27(39-28,36-11-14(22)20(32)37-17)13-9-16(30)25(34)7-4-5-15(29)23(25,2)12(13)6-8-26(28,35)21(33)38-24/h4-5,12-14,16-18,30,34-35H,6-11H2,1-3H3/t12-,13+,14-,16+,17+,18-,22-,23-,24-,25-,26+,27+,28-/m0/s1. The highest BCUT2D eigenvalue weighted by atomic mass is 16.8. The van der Waals surface area contributed by atoms with Gasteiger partial charge in [0, 0.05) is 5.92 Å². The molecule has 3 aliphatic carbocycles. The number of fused-ring (bicyclic) bond motifs is 5. The van der Waals surface area contributed by atoms with Crippen LogP contribution < -0.4 is 0 Å². The Kier molecular flexibility index (Phi) is 4.09. The van der Waals surface area contributed by atoms with Crippen LogP contribution in [0.4, 0.5) is 0 Å². The summed E-state index contributed by atoms with van der Waals surface area (Å²) in [5.74, 6) is -8.35. The molecule has 13 atom stereocenters.